The van der Waals surface area contributed by atoms with E-state index in [4.69, 9.17) is 28.7 Å². The molecule has 16 nitrogen and oxygen atoms in total. The lowest BCUT2D eigenvalue weighted by Gasteiger charge is -2.24. The Morgan fingerprint density at radius 3 is 1.77 bits per heavy atom. The van der Waals surface area contributed by atoms with Gasteiger partial charge in [0, 0.05) is 18.7 Å². The van der Waals surface area contributed by atoms with Gasteiger partial charge in [0.1, 0.15) is 18.1 Å². The first-order valence-corrected chi connectivity index (χ1v) is 11.0. The summed E-state index contributed by atoms with van der Waals surface area (Å²) in [6, 6.07) is -5.31. The smallest absolute Gasteiger partial charge is 0.326 e. The minimum Gasteiger partial charge on any atom is -0.480 e. The van der Waals surface area contributed by atoms with E-state index in [2.05, 4.69) is 33.6 Å². The van der Waals surface area contributed by atoms with Crippen molar-refractivity contribution in [3.05, 3.63) is 0 Å². The number of hydrogen-bond acceptors (Lipinski definition) is 9. The van der Waals surface area contributed by atoms with Crippen LogP contribution in [0, 0.1) is 0 Å². The van der Waals surface area contributed by atoms with Crippen LogP contribution in [-0.2, 0) is 28.8 Å². The Kier molecular flexibility index (Phi) is 14.4. The van der Waals surface area contributed by atoms with Gasteiger partial charge in [-0.3, -0.25) is 29.0 Å². The van der Waals surface area contributed by atoms with Crippen LogP contribution in [0.1, 0.15) is 32.1 Å². The topological polar surface area (TPSA) is 301 Å². The molecule has 35 heavy (non-hydrogen) atoms. The number of nitrogens with one attached hydrogen (secondary N) is 3. The number of rotatable bonds is 17. The summed E-state index contributed by atoms with van der Waals surface area (Å²) in [6.07, 6.45) is -1.02. The van der Waals surface area contributed by atoms with Crippen molar-refractivity contribution in [2.75, 3.05) is 12.3 Å². The number of carbonyl (C=O) groups is 6. The Bertz CT molecular complexity index is 820. The standard InChI is InChI=1S/C18H33N9O7S/c19-8(7-35)14(30)25-10(3-4-12(20)28)16(32)26-9(2-1-5-24-18(22)23)15(31)27-11(17(33)34)6-13(21)29/h8-11,35H,1-7,19H2,(H2,20,28)(H2,21,29)(H,25,30)(H,26,32)(H,27,31)(H,33,34)(H4,22,23,24). The summed E-state index contributed by atoms with van der Waals surface area (Å²) in [7, 11) is 0. The van der Waals surface area contributed by atoms with Crippen LogP contribution < -0.4 is 44.6 Å². The molecule has 4 unspecified atom stereocenters. The fourth-order valence-corrected chi connectivity index (χ4v) is 2.80. The molecule has 17 heteroatoms. The molecule has 14 N–H and O–H groups in total. The zero-order chi connectivity index (χ0) is 27.1. The lowest BCUT2D eigenvalue weighted by molar-refractivity contribution is -0.143. The molecule has 4 atom stereocenters. The third-order valence-electron chi connectivity index (χ3n) is 4.44. The Hall–Kier alpha value is -3.60. The molecule has 0 aromatic rings. The lowest BCUT2D eigenvalue weighted by atomic mass is 10.1. The molecule has 0 aliphatic rings. The molecule has 0 spiro atoms. The molecule has 198 valence electrons. The van der Waals surface area contributed by atoms with Crippen LogP contribution >= 0.6 is 12.6 Å². The molecule has 0 saturated heterocycles. The van der Waals surface area contributed by atoms with E-state index in [0.717, 1.165) is 0 Å². The van der Waals surface area contributed by atoms with Gasteiger partial charge in [0.2, 0.25) is 29.5 Å². The van der Waals surface area contributed by atoms with Crippen LogP contribution in [0.25, 0.3) is 0 Å². The molecule has 0 fully saturated rings. The van der Waals surface area contributed by atoms with E-state index in [1.165, 1.54) is 0 Å². The maximum atomic E-state index is 12.9. The normalized spacial score (nSPS) is 13.9. The van der Waals surface area contributed by atoms with Crippen molar-refractivity contribution in [3.8, 4) is 0 Å². The zero-order valence-corrected chi connectivity index (χ0v) is 19.8. The predicted molar refractivity (Wildman–Crippen MR) is 127 cm³/mol. The number of nitrogens with two attached hydrogens (primary N) is 5. The molecular formula is C18H33N9O7S. The number of nitrogens with zero attached hydrogens (tertiary/aromatic N) is 1. The quantitative estimate of drug-likeness (QED) is 0.0377. The summed E-state index contributed by atoms with van der Waals surface area (Å²) in [4.78, 5) is 75.2. The van der Waals surface area contributed by atoms with Gasteiger partial charge in [0.05, 0.1) is 12.5 Å². The minimum absolute atomic E-state index is 0.0255. The fraction of sp³-hybridized carbons (Fsp3) is 0.611. The number of carboxylic acid groups (broad SMARTS) is 1. The molecule has 0 aromatic heterocycles. The maximum Gasteiger partial charge on any atom is 0.326 e. The fourth-order valence-electron chi connectivity index (χ4n) is 2.64. The average molecular weight is 520 g/mol. The number of aliphatic carboxylic acids is 1. The second-order valence-electron chi connectivity index (χ2n) is 7.44. The number of carbonyl (C=O) groups excluding carboxylic acids is 5. The number of hydrogen-bond donors (Lipinski definition) is 10. The van der Waals surface area contributed by atoms with E-state index >= 15 is 0 Å². The Morgan fingerprint density at radius 2 is 1.31 bits per heavy atom. The molecular weight excluding hydrogens is 486 g/mol. The maximum absolute atomic E-state index is 12.9. The summed E-state index contributed by atoms with van der Waals surface area (Å²) >= 11 is 3.91. The molecule has 0 radical (unpaired) electrons. The molecule has 5 amide bonds. The third kappa shape index (κ3) is 13.6. The average Bonchev–Trinajstić information content (AvgIpc) is 2.76. The molecule has 0 bridgehead atoms. The van der Waals surface area contributed by atoms with E-state index in [1.54, 1.807) is 0 Å². The van der Waals surface area contributed by atoms with Crippen molar-refractivity contribution in [2.24, 2.45) is 33.7 Å². The Morgan fingerprint density at radius 1 is 0.800 bits per heavy atom. The van der Waals surface area contributed by atoms with E-state index in [-0.39, 0.29) is 43.9 Å². The predicted octanol–water partition coefficient (Wildman–Crippen LogP) is -5.02. The largest absolute Gasteiger partial charge is 0.480 e. The second kappa shape index (κ2) is 16.1. The van der Waals surface area contributed by atoms with E-state index in [0.29, 0.717) is 0 Å². The van der Waals surface area contributed by atoms with Gasteiger partial charge < -0.3 is 49.7 Å². The number of aliphatic imine (C=N–C) groups is 1. The van der Waals surface area contributed by atoms with Crippen LogP contribution in [0.2, 0.25) is 0 Å². The summed E-state index contributed by atoms with van der Waals surface area (Å²) in [6.45, 7) is 0.0876. The van der Waals surface area contributed by atoms with Gasteiger partial charge in [-0.1, -0.05) is 0 Å². The highest BCUT2D eigenvalue weighted by Crippen LogP contribution is 2.05. The zero-order valence-electron chi connectivity index (χ0n) is 18.9. The Labute approximate surface area is 206 Å². The lowest BCUT2D eigenvalue weighted by Crippen LogP contribution is -2.57. The van der Waals surface area contributed by atoms with Crippen molar-refractivity contribution in [1.29, 1.82) is 0 Å². The highest BCUT2D eigenvalue weighted by molar-refractivity contribution is 7.80. The number of amides is 5. The molecule has 0 heterocycles. The van der Waals surface area contributed by atoms with Crippen molar-refractivity contribution < 1.29 is 33.9 Å². The SMILES string of the molecule is NC(=O)CCC(NC(=O)C(N)CS)C(=O)NC(CCCN=C(N)N)C(=O)NC(CC(N)=O)C(=O)O. The van der Waals surface area contributed by atoms with Crippen molar-refractivity contribution >= 4 is 54.1 Å². The molecule has 0 aliphatic heterocycles. The van der Waals surface area contributed by atoms with Crippen molar-refractivity contribution in [3.63, 3.8) is 0 Å². The number of carboxylic acids is 1. The number of guanidine groups is 1. The van der Waals surface area contributed by atoms with Crippen LogP contribution in [0.4, 0.5) is 0 Å². The first-order valence-electron chi connectivity index (χ1n) is 10.4. The van der Waals surface area contributed by atoms with Gasteiger partial charge in [-0.25, -0.2) is 4.79 Å². The molecule has 0 aromatic carbocycles. The summed E-state index contributed by atoms with van der Waals surface area (Å²) in [5, 5.41) is 16.1. The van der Waals surface area contributed by atoms with Crippen LogP contribution in [0.3, 0.4) is 0 Å². The van der Waals surface area contributed by atoms with Gasteiger partial charge in [0.15, 0.2) is 5.96 Å². The van der Waals surface area contributed by atoms with Crippen molar-refractivity contribution in [1.82, 2.24) is 16.0 Å². The number of thiol groups is 1. The summed E-state index contributed by atoms with van der Waals surface area (Å²) in [5.74, 6) is -5.99. The van der Waals surface area contributed by atoms with Gasteiger partial charge >= 0.3 is 5.97 Å². The third-order valence-corrected chi connectivity index (χ3v) is 4.84. The highest BCUT2D eigenvalue weighted by atomic mass is 32.1. The monoisotopic (exact) mass is 519 g/mol. The number of primary amides is 2. The van der Waals surface area contributed by atoms with Crippen LogP contribution in [0.15, 0.2) is 4.99 Å². The van der Waals surface area contributed by atoms with Crippen LogP contribution in [0.5, 0.6) is 0 Å². The minimum atomic E-state index is -1.64. The first-order chi connectivity index (χ1) is 16.3. The molecule has 0 aliphatic carbocycles. The van der Waals surface area contributed by atoms with Gasteiger partial charge in [-0.2, -0.15) is 12.6 Å². The summed E-state index contributed by atoms with van der Waals surface area (Å²) in [5.41, 5.74) is 26.2. The second-order valence-corrected chi connectivity index (χ2v) is 7.80. The van der Waals surface area contributed by atoms with Crippen molar-refractivity contribution in [2.45, 2.75) is 56.3 Å². The van der Waals surface area contributed by atoms with E-state index < -0.39 is 66.1 Å². The van der Waals surface area contributed by atoms with E-state index in [1.807, 2.05) is 0 Å². The molecule has 0 rings (SSSR count). The van der Waals surface area contributed by atoms with Gasteiger partial charge in [-0.15, -0.1) is 0 Å². The van der Waals surface area contributed by atoms with Gasteiger partial charge in [0.25, 0.3) is 0 Å². The first kappa shape index (κ1) is 31.4. The summed E-state index contributed by atoms with van der Waals surface area (Å²) < 4.78 is 0. The van der Waals surface area contributed by atoms with Crippen LogP contribution in [-0.4, -0.2) is 83.0 Å². The molecule has 0 saturated carbocycles. The highest BCUT2D eigenvalue weighted by Gasteiger charge is 2.30. The Balaban J connectivity index is 5.66. The van der Waals surface area contributed by atoms with Gasteiger partial charge in [-0.05, 0) is 19.3 Å². The van der Waals surface area contributed by atoms with E-state index in [9.17, 15) is 33.9 Å².